The third kappa shape index (κ3) is 4.07. The fourth-order valence-electron chi connectivity index (χ4n) is 2.16. The number of urea groups is 1. The Bertz CT molecular complexity index is 584. The molecule has 0 atom stereocenters. The molecular formula is C17H21N3O. The van der Waals surface area contributed by atoms with E-state index >= 15 is 0 Å². The SMILES string of the molecule is Cc1ccccc1N(CCCN)C(=O)Nc1ccccc1. The monoisotopic (exact) mass is 283 g/mol. The van der Waals surface area contributed by atoms with Gasteiger partial charge in [0.2, 0.25) is 0 Å². The van der Waals surface area contributed by atoms with Crippen LogP contribution in [0.4, 0.5) is 16.2 Å². The van der Waals surface area contributed by atoms with Crippen molar-refractivity contribution >= 4 is 17.4 Å². The quantitative estimate of drug-likeness (QED) is 0.883. The van der Waals surface area contributed by atoms with Crippen molar-refractivity contribution in [3.8, 4) is 0 Å². The molecule has 2 amide bonds. The highest BCUT2D eigenvalue weighted by Crippen LogP contribution is 2.21. The van der Waals surface area contributed by atoms with Crippen molar-refractivity contribution in [3.63, 3.8) is 0 Å². The van der Waals surface area contributed by atoms with Gasteiger partial charge in [0, 0.05) is 17.9 Å². The predicted octanol–water partition coefficient (Wildman–Crippen LogP) is 3.38. The molecule has 4 nitrogen and oxygen atoms in total. The Balaban J connectivity index is 2.19. The molecule has 0 fully saturated rings. The van der Waals surface area contributed by atoms with E-state index in [4.69, 9.17) is 5.73 Å². The molecular weight excluding hydrogens is 262 g/mol. The third-order valence-corrected chi connectivity index (χ3v) is 3.26. The number of nitrogens with two attached hydrogens (primary N) is 1. The van der Waals surface area contributed by atoms with E-state index in [-0.39, 0.29) is 6.03 Å². The molecule has 0 saturated heterocycles. The van der Waals surface area contributed by atoms with Gasteiger partial charge in [-0.2, -0.15) is 0 Å². The molecule has 0 spiro atoms. The van der Waals surface area contributed by atoms with Crippen LogP contribution in [-0.2, 0) is 0 Å². The van der Waals surface area contributed by atoms with Gasteiger partial charge in [0.15, 0.2) is 0 Å². The van der Waals surface area contributed by atoms with Crippen molar-refractivity contribution in [1.29, 1.82) is 0 Å². The van der Waals surface area contributed by atoms with E-state index in [9.17, 15) is 4.79 Å². The number of carbonyl (C=O) groups is 1. The topological polar surface area (TPSA) is 58.4 Å². The second-order valence-electron chi connectivity index (χ2n) is 4.88. The van der Waals surface area contributed by atoms with Gasteiger partial charge in [-0.15, -0.1) is 0 Å². The molecule has 110 valence electrons. The fraction of sp³-hybridized carbons (Fsp3) is 0.235. The van der Waals surface area contributed by atoms with Gasteiger partial charge in [0.1, 0.15) is 0 Å². The largest absolute Gasteiger partial charge is 0.330 e. The van der Waals surface area contributed by atoms with Crippen molar-refractivity contribution in [2.24, 2.45) is 5.73 Å². The van der Waals surface area contributed by atoms with Gasteiger partial charge in [-0.1, -0.05) is 36.4 Å². The smallest absolute Gasteiger partial charge is 0.326 e. The normalized spacial score (nSPS) is 10.2. The molecule has 0 unspecified atom stereocenters. The summed E-state index contributed by atoms with van der Waals surface area (Å²) in [6.07, 6.45) is 0.760. The molecule has 0 aliphatic carbocycles. The minimum Gasteiger partial charge on any atom is -0.330 e. The summed E-state index contributed by atoms with van der Waals surface area (Å²) in [5, 5.41) is 2.92. The van der Waals surface area contributed by atoms with Crippen molar-refractivity contribution in [1.82, 2.24) is 0 Å². The summed E-state index contributed by atoms with van der Waals surface area (Å²) < 4.78 is 0. The van der Waals surface area contributed by atoms with Crippen molar-refractivity contribution in [2.45, 2.75) is 13.3 Å². The lowest BCUT2D eigenvalue weighted by Gasteiger charge is -2.24. The Morgan fingerprint density at radius 3 is 2.43 bits per heavy atom. The molecule has 21 heavy (non-hydrogen) atoms. The van der Waals surface area contributed by atoms with Crippen LogP contribution in [0, 0.1) is 6.92 Å². The Hall–Kier alpha value is -2.33. The number of benzene rings is 2. The number of amides is 2. The summed E-state index contributed by atoms with van der Waals surface area (Å²) in [5.41, 5.74) is 8.36. The number of hydrogen-bond donors (Lipinski definition) is 2. The van der Waals surface area contributed by atoms with Crippen LogP contribution in [0.2, 0.25) is 0 Å². The summed E-state index contributed by atoms with van der Waals surface area (Å²) in [6.45, 7) is 3.15. The summed E-state index contributed by atoms with van der Waals surface area (Å²) in [5.74, 6) is 0. The third-order valence-electron chi connectivity index (χ3n) is 3.26. The Kier molecular flexibility index (Phi) is 5.35. The Morgan fingerprint density at radius 1 is 1.10 bits per heavy atom. The first kappa shape index (κ1) is 15.1. The van der Waals surface area contributed by atoms with Crippen LogP contribution < -0.4 is 16.0 Å². The molecule has 3 N–H and O–H groups in total. The molecule has 4 heteroatoms. The standard InChI is InChI=1S/C17H21N3O/c1-14-8-5-6-11-16(14)20(13-7-12-18)17(21)19-15-9-3-2-4-10-15/h2-6,8-11H,7,12-13,18H2,1H3,(H,19,21). The van der Waals surface area contributed by atoms with Gasteiger partial charge < -0.3 is 11.1 Å². The van der Waals surface area contributed by atoms with Crippen molar-refractivity contribution < 1.29 is 4.79 Å². The minimum absolute atomic E-state index is 0.135. The Morgan fingerprint density at radius 2 is 1.76 bits per heavy atom. The van der Waals surface area contributed by atoms with Gasteiger partial charge in [-0.3, -0.25) is 4.90 Å². The minimum atomic E-state index is -0.135. The number of rotatable bonds is 5. The molecule has 0 bridgehead atoms. The lowest BCUT2D eigenvalue weighted by molar-refractivity contribution is 0.257. The molecule has 0 aliphatic heterocycles. The highest BCUT2D eigenvalue weighted by atomic mass is 16.2. The predicted molar refractivity (Wildman–Crippen MR) is 87.7 cm³/mol. The molecule has 0 radical (unpaired) electrons. The fourth-order valence-corrected chi connectivity index (χ4v) is 2.16. The first-order chi connectivity index (χ1) is 10.2. The van der Waals surface area contributed by atoms with Gasteiger partial charge in [0.25, 0.3) is 0 Å². The van der Waals surface area contributed by atoms with E-state index < -0.39 is 0 Å². The van der Waals surface area contributed by atoms with Crippen LogP contribution in [0.15, 0.2) is 54.6 Å². The highest BCUT2D eigenvalue weighted by Gasteiger charge is 2.16. The second kappa shape index (κ2) is 7.45. The number of nitrogens with one attached hydrogen (secondary N) is 1. The average Bonchev–Trinajstić information content (AvgIpc) is 2.50. The van der Waals surface area contributed by atoms with Crippen molar-refractivity contribution in [3.05, 3.63) is 60.2 Å². The number of hydrogen-bond acceptors (Lipinski definition) is 2. The van der Waals surface area contributed by atoms with Crippen LogP contribution in [0.5, 0.6) is 0 Å². The zero-order valence-electron chi connectivity index (χ0n) is 12.3. The van der Waals surface area contributed by atoms with Gasteiger partial charge >= 0.3 is 6.03 Å². The van der Waals surface area contributed by atoms with Crippen molar-refractivity contribution in [2.75, 3.05) is 23.3 Å². The van der Waals surface area contributed by atoms with Crippen LogP contribution in [-0.4, -0.2) is 19.1 Å². The molecule has 2 aromatic carbocycles. The number of carbonyl (C=O) groups excluding carboxylic acids is 1. The van der Waals surface area contributed by atoms with Crippen LogP contribution in [0.1, 0.15) is 12.0 Å². The Labute approximate surface area is 125 Å². The maximum absolute atomic E-state index is 12.5. The molecule has 2 rings (SSSR count). The summed E-state index contributed by atoms with van der Waals surface area (Å²) in [6, 6.07) is 17.2. The van der Waals surface area contributed by atoms with Gasteiger partial charge in [-0.05, 0) is 43.7 Å². The van der Waals surface area contributed by atoms with E-state index in [0.717, 1.165) is 23.4 Å². The number of nitrogens with zero attached hydrogens (tertiary/aromatic N) is 1. The molecule has 2 aromatic rings. The first-order valence-electron chi connectivity index (χ1n) is 7.11. The van der Waals surface area contributed by atoms with E-state index in [0.29, 0.717) is 13.1 Å². The molecule has 0 aliphatic rings. The zero-order chi connectivity index (χ0) is 15.1. The first-order valence-corrected chi connectivity index (χ1v) is 7.11. The van der Waals surface area contributed by atoms with Gasteiger partial charge in [-0.25, -0.2) is 4.79 Å². The van der Waals surface area contributed by atoms with E-state index in [1.165, 1.54) is 0 Å². The van der Waals surface area contributed by atoms with E-state index in [2.05, 4.69) is 5.32 Å². The van der Waals surface area contributed by atoms with Crippen LogP contribution in [0.3, 0.4) is 0 Å². The van der Waals surface area contributed by atoms with Crippen LogP contribution >= 0.6 is 0 Å². The highest BCUT2D eigenvalue weighted by molar-refractivity contribution is 6.02. The molecule has 0 heterocycles. The van der Waals surface area contributed by atoms with E-state index in [1.54, 1.807) is 4.90 Å². The lowest BCUT2D eigenvalue weighted by atomic mass is 10.2. The maximum atomic E-state index is 12.5. The molecule has 0 saturated carbocycles. The zero-order valence-corrected chi connectivity index (χ0v) is 12.3. The van der Waals surface area contributed by atoms with Gasteiger partial charge in [0.05, 0.1) is 0 Å². The number of para-hydroxylation sites is 2. The maximum Gasteiger partial charge on any atom is 0.326 e. The number of anilines is 2. The average molecular weight is 283 g/mol. The summed E-state index contributed by atoms with van der Waals surface area (Å²) in [4.78, 5) is 14.3. The summed E-state index contributed by atoms with van der Waals surface area (Å²) >= 11 is 0. The molecule has 0 aromatic heterocycles. The number of aryl methyl sites for hydroxylation is 1. The summed E-state index contributed by atoms with van der Waals surface area (Å²) in [7, 11) is 0. The second-order valence-corrected chi connectivity index (χ2v) is 4.88. The lowest BCUT2D eigenvalue weighted by Crippen LogP contribution is -2.37. The van der Waals surface area contributed by atoms with Crippen LogP contribution in [0.25, 0.3) is 0 Å². The van der Waals surface area contributed by atoms with E-state index in [1.807, 2.05) is 61.5 Å².